The molecule has 0 radical (unpaired) electrons. The first-order valence-electron chi connectivity index (χ1n) is 24.9. The molecule has 6 aromatic rings. The number of esters is 2. The molecule has 0 amide bonds. The summed E-state index contributed by atoms with van der Waals surface area (Å²) >= 11 is 15.2. The predicted molar refractivity (Wildman–Crippen MR) is 299 cm³/mol. The maximum Gasteiger partial charge on any atom is 0.307 e. The van der Waals surface area contributed by atoms with Gasteiger partial charge in [-0.15, -0.1) is 0 Å². The molecule has 24 heteroatoms. The fraction of sp³-hybridized carbons (Fsp3) is 0.423. The number of aryl methyl sites for hydroxylation is 4. The van der Waals surface area contributed by atoms with E-state index in [1.54, 1.807) is 24.5 Å². The molecule has 0 bridgehead atoms. The SMILES string of the molecule is CCOC(=O)CCN1CCN(c2cc(Nc3ncc(C(=O)Cc4c(C)cccc4Cl)s3)nc(C)n2)CC1.CCOC(=O)CCN1CCN(c2cc(Nc3ncc(C(=O)Cc4c(C)cccc4Cl)s3)nc(C)n2)CC1.NO. The fourth-order valence-corrected chi connectivity index (χ4v) is 10.4. The quantitative estimate of drug-likeness (QED) is 0.0319. The predicted octanol–water partition coefficient (Wildman–Crippen LogP) is 8.23. The first-order chi connectivity index (χ1) is 36.6. The lowest BCUT2D eigenvalue weighted by molar-refractivity contribution is -0.144. The number of ketones is 2. The zero-order valence-corrected chi connectivity index (χ0v) is 46.8. The van der Waals surface area contributed by atoms with Crippen molar-refractivity contribution in [2.24, 2.45) is 5.90 Å². The Morgan fingerprint density at radius 3 is 1.34 bits per heavy atom. The van der Waals surface area contributed by atoms with Crippen LogP contribution in [0.1, 0.15) is 79.9 Å². The van der Waals surface area contributed by atoms with Crippen molar-refractivity contribution in [2.45, 2.75) is 67.2 Å². The van der Waals surface area contributed by atoms with Crippen molar-refractivity contribution in [2.75, 3.05) is 99.1 Å². The van der Waals surface area contributed by atoms with E-state index in [0.717, 1.165) is 86.2 Å². The van der Waals surface area contributed by atoms with Crippen LogP contribution in [0.2, 0.25) is 10.0 Å². The summed E-state index contributed by atoms with van der Waals surface area (Å²) < 4.78 is 10.0. The Morgan fingerprint density at radius 2 is 0.987 bits per heavy atom. The van der Waals surface area contributed by atoms with Gasteiger partial charge in [-0.05, 0) is 75.9 Å². The molecule has 2 aliphatic heterocycles. The van der Waals surface area contributed by atoms with Crippen LogP contribution < -0.4 is 26.3 Å². The summed E-state index contributed by atoms with van der Waals surface area (Å²) in [7, 11) is 0. The molecule has 406 valence electrons. The number of piperazine rings is 2. The number of hydrogen-bond donors (Lipinski definition) is 4. The number of aromatic nitrogens is 6. The Balaban J connectivity index is 0.000000239. The third kappa shape index (κ3) is 17.4. The number of carbonyl (C=O) groups is 4. The van der Waals surface area contributed by atoms with E-state index in [4.69, 9.17) is 37.9 Å². The molecule has 5 N–H and O–H groups in total. The van der Waals surface area contributed by atoms with Crippen molar-refractivity contribution >= 4 is 103 Å². The summed E-state index contributed by atoms with van der Waals surface area (Å²) in [5, 5.41) is 15.3. The van der Waals surface area contributed by atoms with Gasteiger partial charge in [-0.3, -0.25) is 29.0 Å². The summed E-state index contributed by atoms with van der Waals surface area (Å²) in [6.07, 6.45) is 4.46. The largest absolute Gasteiger partial charge is 0.466 e. The number of Topliss-reactive ketones (excluding diaryl/α,β-unsaturated/α-hetero) is 2. The van der Waals surface area contributed by atoms with Gasteiger partial charge in [0.1, 0.15) is 34.9 Å². The molecule has 4 aromatic heterocycles. The highest BCUT2D eigenvalue weighted by Gasteiger charge is 2.23. The molecule has 2 aliphatic rings. The lowest BCUT2D eigenvalue weighted by Crippen LogP contribution is -2.47. The molecule has 2 fully saturated rings. The maximum absolute atomic E-state index is 12.9. The molecule has 76 heavy (non-hydrogen) atoms. The molecule has 0 unspecified atom stereocenters. The van der Waals surface area contributed by atoms with E-state index in [1.165, 1.54) is 22.7 Å². The zero-order chi connectivity index (χ0) is 54.7. The van der Waals surface area contributed by atoms with Crippen molar-refractivity contribution in [1.29, 1.82) is 0 Å². The highest BCUT2D eigenvalue weighted by atomic mass is 35.5. The topological polar surface area (TPSA) is 247 Å². The van der Waals surface area contributed by atoms with Crippen LogP contribution >= 0.6 is 45.9 Å². The Labute approximate surface area is 461 Å². The Bertz CT molecular complexity index is 2680. The minimum Gasteiger partial charge on any atom is -0.466 e. The second-order valence-corrected chi connectivity index (χ2v) is 20.5. The van der Waals surface area contributed by atoms with Crippen molar-refractivity contribution in [1.82, 2.24) is 39.7 Å². The number of ether oxygens (including phenoxy) is 2. The molecule has 0 spiro atoms. The van der Waals surface area contributed by atoms with Gasteiger partial charge in [-0.25, -0.2) is 35.8 Å². The lowest BCUT2D eigenvalue weighted by Gasteiger charge is -2.35. The summed E-state index contributed by atoms with van der Waals surface area (Å²) in [4.78, 5) is 86.1. The van der Waals surface area contributed by atoms with Crippen LogP contribution in [0, 0.1) is 27.7 Å². The van der Waals surface area contributed by atoms with Gasteiger partial charge < -0.3 is 35.1 Å². The third-order valence-corrected chi connectivity index (χ3v) is 14.9. The second kappa shape index (κ2) is 29.3. The Morgan fingerprint density at radius 1 is 0.605 bits per heavy atom. The van der Waals surface area contributed by atoms with Crippen LogP contribution in [-0.4, -0.2) is 147 Å². The lowest BCUT2D eigenvalue weighted by atomic mass is 10.0. The van der Waals surface area contributed by atoms with Gasteiger partial charge in [0.15, 0.2) is 21.8 Å². The molecule has 2 saturated heterocycles. The van der Waals surface area contributed by atoms with Crippen LogP contribution in [0.3, 0.4) is 0 Å². The monoisotopic (exact) mass is 1120 g/mol. The molecule has 20 nitrogen and oxygen atoms in total. The van der Waals surface area contributed by atoms with E-state index in [1.807, 2.05) is 77.9 Å². The summed E-state index contributed by atoms with van der Waals surface area (Å²) in [5.41, 5.74) is 3.67. The van der Waals surface area contributed by atoms with E-state index in [0.29, 0.717) is 92.5 Å². The number of thiazole rings is 2. The van der Waals surface area contributed by atoms with Gasteiger partial charge in [0.2, 0.25) is 0 Å². The van der Waals surface area contributed by atoms with E-state index >= 15 is 0 Å². The average molecular weight is 1120 g/mol. The summed E-state index contributed by atoms with van der Waals surface area (Å²) in [6.45, 7) is 20.0. The second-order valence-electron chi connectivity index (χ2n) is 17.7. The number of nitrogens with zero attached hydrogens (tertiary/aromatic N) is 10. The minimum atomic E-state index is -0.155. The highest BCUT2D eigenvalue weighted by molar-refractivity contribution is 7.17. The maximum atomic E-state index is 12.9. The van der Waals surface area contributed by atoms with Gasteiger partial charge in [0, 0.05) is 100 Å². The van der Waals surface area contributed by atoms with Crippen LogP contribution in [-0.2, 0) is 31.9 Å². The number of nitrogens with one attached hydrogen (secondary N) is 2. The van der Waals surface area contributed by atoms with E-state index in [2.05, 4.69) is 66.0 Å². The minimum absolute atomic E-state index is 0.0258. The van der Waals surface area contributed by atoms with Gasteiger partial charge in [0.25, 0.3) is 0 Å². The number of anilines is 6. The van der Waals surface area contributed by atoms with E-state index in [9.17, 15) is 19.2 Å². The van der Waals surface area contributed by atoms with Crippen LogP contribution in [0.15, 0.2) is 60.9 Å². The molecule has 0 atom stereocenters. The molecule has 2 aromatic carbocycles. The first kappa shape index (κ1) is 59.0. The average Bonchev–Trinajstić information content (AvgIpc) is 4.09. The molecule has 6 heterocycles. The standard InChI is InChI=1S/2C26H31ClN6O3S.H3NO/c2*1-4-36-25(35)8-9-32-10-12-33(13-11-32)24-15-23(29-18(3)30-24)31-26-28-16-22(37-26)21(34)14-19-17(2)6-5-7-20(19)27;1-2/h2*5-7,15-16H,4,8-14H2,1-3H3,(H,28,29,30,31);2H,1H2. The van der Waals surface area contributed by atoms with Crippen molar-refractivity contribution in [3.8, 4) is 0 Å². The molecule has 0 saturated carbocycles. The zero-order valence-electron chi connectivity index (χ0n) is 43.6. The van der Waals surface area contributed by atoms with Crippen LogP contribution in [0.5, 0.6) is 0 Å². The Hall–Kier alpha value is -6.24. The van der Waals surface area contributed by atoms with Crippen molar-refractivity contribution in [3.63, 3.8) is 0 Å². The number of hydrogen-bond acceptors (Lipinski definition) is 22. The third-order valence-electron chi connectivity index (χ3n) is 12.3. The van der Waals surface area contributed by atoms with E-state index < -0.39 is 0 Å². The van der Waals surface area contributed by atoms with Crippen LogP contribution in [0.25, 0.3) is 0 Å². The van der Waals surface area contributed by atoms with E-state index in [-0.39, 0.29) is 36.3 Å². The van der Waals surface area contributed by atoms with Gasteiger partial charge >= 0.3 is 11.9 Å². The van der Waals surface area contributed by atoms with Gasteiger partial charge in [-0.1, -0.05) is 70.1 Å². The summed E-state index contributed by atoms with van der Waals surface area (Å²) in [6, 6.07) is 15.1. The Kier molecular flexibility index (Phi) is 22.8. The smallest absolute Gasteiger partial charge is 0.307 e. The van der Waals surface area contributed by atoms with Crippen molar-refractivity contribution < 1.29 is 33.9 Å². The number of carbonyl (C=O) groups excluding carboxylic acids is 4. The molecular formula is C52H65Cl2N13O7S2. The molecule has 0 aliphatic carbocycles. The molecule has 8 rings (SSSR count). The number of benzene rings is 2. The first-order valence-corrected chi connectivity index (χ1v) is 27.3. The number of rotatable bonds is 20. The fourth-order valence-electron chi connectivity index (χ4n) is 8.34. The molecular weight excluding hydrogens is 1050 g/mol. The highest BCUT2D eigenvalue weighted by Crippen LogP contribution is 2.30. The number of halogens is 2. The van der Waals surface area contributed by atoms with Crippen molar-refractivity contribution in [3.05, 3.63) is 115 Å². The summed E-state index contributed by atoms with van der Waals surface area (Å²) in [5.74, 6) is 7.35. The van der Waals surface area contributed by atoms with Gasteiger partial charge in [-0.2, -0.15) is 0 Å². The number of nitrogens with two attached hydrogens (primary N) is 1. The van der Waals surface area contributed by atoms with Gasteiger partial charge in [0.05, 0.1) is 48.2 Å². The van der Waals surface area contributed by atoms with Crippen LogP contribution in [0.4, 0.5) is 33.5 Å². The normalized spacial score (nSPS) is 13.7.